The quantitative estimate of drug-likeness (QED) is 0.239. The second-order valence-corrected chi connectivity index (χ2v) is 8.98. The summed E-state index contributed by atoms with van der Waals surface area (Å²) in [6.07, 6.45) is 0. The first-order valence-corrected chi connectivity index (χ1v) is 12.3. The summed E-state index contributed by atoms with van der Waals surface area (Å²) >= 11 is 0. The molecule has 0 saturated carbocycles. The molecule has 0 saturated heterocycles. The van der Waals surface area contributed by atoms with Crippen molar-refractivity contribution in [2.75, 3.05) is 0 Å². The number of carbonyl (C=O) groups is 2. The number of phenols is 1. The molecule has 0 atom stereocenters. The SMILES string of the molecule is O=C(c1cc(-c2ccccc2)c2oc(-c3ccccc3)c(C(=O)c3ccccc3)c2c1)c1ccccc1O. The molecule has 5 aromatic carbocycles. The average molecular weight is 495 g/mol. The molecule has 0 amide bonds. The summed E-state index contributed by atoms with van der Waals surface area (Å²) in [7, 11) is 0. The Bertz CT molecular complexity index is 1780. The maximum Gasteiger partial charge on any atom is 0.197 e. The van der Waals surface area contributed by atoms with Crippen molar-refractivity contribution in [3.63, 3.8) is 0 Å². The van der Waals surface area contributed by atoms with E-state index in [0.29, 0.717) is 39.0 Å². The van der Waals surface area contributed by atoms with Crippen molar-refractivity contribution in [1.29, 1.82) is 0 Å². The molecular weight excluding hydrogens is 472 g/mol. The lowest BCUT2D eigenvalue weighted by atomic mass is 9.92. The average Bonchev–Trinajstić information content (AvgIpc) is 3.37. The van der Waals surface area contributed by atoms with E-state index >= 15 is 0 Å². The monoisotopic (exact) mass is 494 g/mol. The number of furan rings is 1. The van der Waals surface area contributed by atoms with Gasteiger partial charge in [0, 0.05) is 27.6 Å². The Labute approximate surface area is 219 Å². The Hall–Kier alpha value is -5.22. The number of rotatable bonds is 6. The standard InChI is InChI=1S/C34H22O4/c35-29-19-11-10-18-26(29)31(36)25-20-27(22-12-4-1-5-13-22)34-28(21-25)30(32(37)23-14-6-2-7-15-23)33(38-34)24-16-8-3-9-17-24/h1-21,35H. The van der Waals surface area contributed by atoms with Crippen LogP contribution in [-0.4, -0.2) is 16.7 Å². The van der Waals surface area contributed by atoms with Crippen molar-refractivity contribution in [2.45, 2.75) is 0 Å². The lowest BCUT2D eigenvalue weighted by molar-refractivity contribution is 0.102. The van der Waals surface area contributed by atoms with Crippen molar-refractivity contribution in [3.8, 4) is 28.2 Å². The number of ketones is 2. The van der Waals surface area contributed by atoms with Crippen LogP contribution in [0.15, 0.2) is 132 Å². The summed E-state index contributed by atoms with van der Waals surface area (Å²) in [6.45, 7) is 0. The Balaban J connectivity index is 1.69. The van der Waals surface area contributed by atoms with E-state index in [1.165, 1.54) is 6.07 Å². The zero-order chi connectivity index (χ0) is 26.1. The smallest absolute Gasteiger partial charge is 0.197 e. The van der Waals surface area contributed by atoms with Gasteiger partial charge in [0.2, 0.25) is 0 Å². The molecule has 182 valence electrons. The molecule has 38 heavy (non-hydrogen) atoms. The molecule has 6 rings (SSSR count). The highest BCUT2D eigenvalue weighted by atomic mass is 16.3. The van der Waals surface area contributed by atoms with Crippen LogP contribution in [0.1, 0.15) is 31.8 Å². The topological polar surface area (TPSA) is 67.5 Å². The minimum Gasteiger partial charge on any atom is -0.507 e. The number of hydrogen-bond acceptors (Lipinski definition) is 4. The van der Waals surface area contributed by atoms with Gasteiger partial charge in [-0.3, -0.25) is 9.59 Å². The zero-order valence-electron chi connectivity index (χ0n) is 20.3. The van der Waals surface area contributed by atoms with Crippen LogP contribution < -0.4 is 0 Å². The molecule has 4 heteroatoms. The fourth-order valence-corrected chi connectivity index (χ4v) is 4.74. The molecule has 0 aliphatic heterocycles. The van der Waals surface area contributed by atoms with Gasteiger partial charge in [0.1, 0.15) is 17.1 Å². The predicted octanol–water partition coefficient (Wildman–Crippen LogP) is 7.93. The number of para-hydroxylation sites is 1. The molecule has 6 aromatic rings. The van der Waals surface area contributed by atoms with E-state index in [1.807, 2.05) is 78.9 Å². The minimum atomic E-state index is -0.345. The van der Waals surface area contributed by atoms with Gasteiger partial charge < -0.3 is 9.52 Å². The van der Waals surface area contributed by atoms with E-state index in [2.05, 4.69) is 0 Å². The molecule has 0 spiro atoms. The van der Waals surface area contributed by atoms with Crippen molar-refractivity contribution < 1.29 is 19.1 Å². The minimum absolute atomic E-state index is 0.100. The molecule has 4 nitrogen and oxygen atoms in total. The van der Waals surface area contributed by atoms with E-state index in [1.54, 1.807) is 42.5 Å². The number of hydrogen-bond donors (Lipinski definition) is 1. The normalized spacial score (nSPS) is 10.9. The molecule has 1 aromatic heterocycles. The first-order chi connectivity index (χ1) is 18.6. The van der Waals surface area contributed by atoms with Gasteiger partial charge in [-0.2, -0.15) is 0 Å². The van der Waals surface area contributed by atoms with Gasteiger partial charge in [0.05, 0.1) is 11.1 Å². The first-order valence-electron chi connectivity index (χ1n) is 12.3. The number of phenolic OH excluding ortho intramolecular Hbond substituents is 1. The van der Waals surface area contributed by atoms with Crippen molar-refractivity contribution in [1.82, 2.24) is 0 Å². The van der Waals surface area contributed by atoms with Gasteiger partial charge in [0.15, 0.2) is 11.6 Å². The summed E-state index contributed by atoms with van der Waals surface area (Å²) in [5, 5.41) is 10.9. The van der Waals surface area contributed by atoms with E-state index in [4.69, 9.17) is 4.42 Å². The molecule has 0 bridgehead atoms. The van der Waals surface area contributed by atoms with Gasteiger partial charge in [-0.15, -0.1) is 0 Å². The van der Waals surface area contributed by atoms with Crippen LogP contribution in [0.4, 0.5) is 0 Å². The highest BCUT2D eigenvalue weighted by Gasteiger charge is 2.27. The van der Waals surface area contributed by atoms with Gasteiger partial charge in [0.25, 0.3) is 0 Å². The van der Waals surface area contributed by atoms with Crippen LogP contribution in [0.3, 0.4) is 0 Å². The summed E-state index contributed by atoms with van der Waals surface area (Å²) < 4.78 is 6.50. The highest BCUT2D eigenvalue weighted by molar-refractivity contribution is 6.22. The maximum absolute atomic E-state index is 14.0. The molecule has 0 aliphatic carbocycles. The molecule has 0 unspecified atom stereocenters. The van der Waals surface area contributed by atoms with Gasteiger partial charge in [-0.1, -0.05) is 103 Å². The Morgan fingerprint density at radius 3 is 1.82 bits per heavy atom. The third-order valence-corrected chi connectivity index (χ3v) is 6.58. The lowest BCUT2D eigenvalue weighted by Crippen LogP contribution is -2.04. The van der Waals surface area contributed by atoms with Gasteiger partial charge in [-0.25, -0.2) is 0 Å². The summed E-state index contributed by atoms with van der Waals surface area (Å²) in [4.78, 5) is 27.6. The third kappa shape index (κ3) is 4.08. The van der Waals surface area contributed by atoms with Crippen LogP contribution in [-0.2, 0) is 0 Å². The van der Waals surface area contributed by atoms with Crippen LogP contribution in [0.2, 0.25) is 0 Å². The molecular formula is C34H22O4. The Morgan fingerprint density at radius 1 is 0.579 bits per heavy atom. The highest BCUT2D eigenvalue weighted by Crippen LogP contribution is 2.41. The van der Waals surface area contributed by atoms with Crippen molar-refractivity contribution >= 4 is 22.5 Å². The zero-order valence-corrected chi connectivity index (χ0v) is 20.3. The fraction of sp³-hybridized carbons (Fsp3) is 0. The van der Waals surface area contributed by atoms with E-state index in [9.17, 15) is 14.7 Å². The molecule has 0 fully saturated rings. The number of fused-ring (bicyclic) bond motifs is 1. The lowest BCUT2D eigenvalue weighted by Gasteiger charge is -2.09. The van der Waals surface area contributed by atoms with Gasteiger partial charge >= 0.3 is 0 Å². The first kappa shape index (κ1) is 23.2. The van der Waals surface area contributed by atoms with Crippen LogP contribution in [0.5, 0.6) is 5.75 Å². The largest absolute Gasteiger partial charge is 0.507 e. The van der Waals surface area contributed by atoms with E-state index in [-0.39, 0.29) is 22.9 Å². The molecule has 0 aliphatic rings. The Morgan fingerprint density at radius 2 is 1.16 bits per heavy atom. The second-order valence-electron chi connectivity index (χ2n) is 8.98. The Kier molecular flexibility index (Phi) is 5.91. The molecule has 0 radical (unpaired) electrons. The maximum atomic E-state index is 14.0. The number of aromatic hydroxyl groups is 1. The predicted molar refractivity (Wildman–Crippen MR) is 148 cm³/mol. The summed E-state index contributed by atoms with van der Waals surface area (Å²) in [5.74, 6) is -0.201. The number of carbonyl (C=O) groups excluding carboxylic acids is 2. The fourth-order valence-electron chi connectivity index (χ4n) is 4.74. The summed E-state index contributed by atoms with van der Waals surface area (Å²) in [5.41, 5.74) is 4.25. The summed E-state index contributed by atoms with van der Waals surface area (Å²) in [6, 6.07) is 38.1. The number of benzene rings is 5. The van der Waals surface area contributed by atoms with E-state index in [0.717, 1.165) is 11.1 Å². The van der Waals surface area contributed by atoms with E-state index < -0.39 is 0 Å². The van der Waals surface area contributed by atoms with Crippen molar-refractivity contribution in [2.24, 2.45) is 0 Å². The molecule has 1 N–H and O–H groups in total. The third-order valence-electron chi connectivity index (χ3n) is 6.58. The van der Waals surface area contributed by atoms with Crippen molar-refractivity contribution in [3.05, 3.63) is 150 Å². The van der Waals surface area contributed by atoms with Crippen LogP contribution in [0, 0.1) is 0 Å². The van der Waals surface area contributed by atoms with Gasteiger partial charge in [-0.05, 0) is 29.8 Å². The second kappa shape index (κ2) is 9.68. The van der Waals surface area contributed by atoms with Crippen LogP contribution in [0.25, 0.3) is 33.4 Å². The van der Waals surface area contributed by atoms with Crippen LogP contribution >= 0.6 is 0 Å². The molecule has 1 heterocycles.